The smallest absolute Gasteiger partial charge is 0.164 e. The summed E-state index contributed by atoms with van der Waals surface area (Å²) in [5, 5.41) is 6.78. The zero-order valence-corrected chi connectivity index (χ0v) is 23.3. The number of rotatable bonds is 3. The highest BCUT2D eigenvalue weighted by atomic mass is 35.5. The van der Waals surface area contributed by atoms with E-state index in [1.165, 1.54) is 0 Å². The van der Waals surface area contributed by atoms with Crippen LogP contribution in [0.15, 0.2) is 130 Å². The van der Waals surface area contributed by atoms with Crippen molar-refractivity contribution < 1.29 is 8.83 Å². The first-order chi connectivity index (χ1) is 21.2. The molecule has 3 heterocycles. The maximum Gasteiger partial charge on any atom is 0.164 e. The Bertz CT molecular complexity index is 2530. The maximum absolute atomic E-state index is 6.62. The van der Waals surface area contributed by atoms with Crippen LogP contribution in [0.2, 0.25) is 5.02 Å². The molecule has 3 aromatic heterocycles. The molecule has 0 atom stereocenters. The Balaban J connectivity index is 1.29. The highest BCUT2D eigenvalue weighted by Crippen LogP contribution is 2.40. The van der Waals surface area contributed by atoms with Gasteiger partial charge in [0.15, 0.2) is 17.5 Å². The van der Waals surface area contributed by atoms with Crippen molar-refractivity contribution in [3.8, 4) is 34.2 Å². The van der Waals surface area contributed by atoms with Gasteiger partial charge in [0, 0.05) is 49.7 Å². The Morgan fingerprint density at radius 2 is 1.07 bits per heavy atom. The Morgan fingerprint density at radius 3 is 1.93 bits per heavy atom. The molecule has 0 unspecified atom stereocenters. The number of benzene rings is 6. The molecule has 9 aromatic rings. The van der Waals surface area contributed by atoms with Crippen LogP contribution in [-0.2, 0) is 0 Å². The third-order valence-electron chi connectivity index (χ3n) is 8.00. The number of aromatic nitrogens is 3. The third-order valence-corrected chi connectivity index (χ3v) is 8.31. The van der Waals surface area contributed by atoms with Gasteiger partial charge in [0.25, 0.3) is 0 Å². The summed E-state index contributed by atoms with van der Waals surface area (Å²) in [4.78, 5) is 15.0. The highest BCUT2D eigenvalue weighted by molar-refractivity contribution is 6.38. The normalized spacial score (nSPS) is 11.8. The first-order valence-electron chi connectivity index (χ1n) is 14.0. The van der Waals surface area contributed by atoms with E-state index in [-0.39, 0.29) is 0 Å². The average Bonchev–Trinajstić information content (AvgIpc) is 3.63. The number of fused-ring (bicyclic) bond motifs is 8. The number of halogens is 1. The predicted octanol–water partition coefficient (Wildman–Crippen LogP) is 10.5. The van der Waals surface area contributed by atoms with Crippen molar-refractivity contribution in [2.45, 2.75) is 0 Å². The molecule has 0 bridgehead atoms. The average molecular weight is 574 g/mol. The molecule has 0 N–H and O–H groups in total. The lowest BCUT2D eigenvalue weighted by Gasteiger charge is -2.09. The highest BCUT2D eigenvalue weighted by Gasteiger charge is 2.19. The van der Waals surface area contributed by atoms with Crippen LogP contribution >= 0.6 is 11.6 Å². The molecule has 0 saturated carbocycles. The van der Waals surface area contributed by atoms with E-state index in [2.05, 4.69) is 18.2 Å². The third kappa shape index (κ3) is 3.75. The SMILES string of the molecule is Clc1cc2oc3cc(-c4nc(-c5ccccc5)nc(-c5cccc6oc7ccccc7c56)n4)ccc3c2c2ccccc12. The van der Waals surface area contributed by atoms with Crippen LogP contribution in [-0.4, -0.2) is 15.0 Å². The summed E-state index contributed by atoms with van der Waals surface area (Å²) >= 11 is 6.62. The van der Waals surface area contributed by atoms with Gasteiger partial charge in [0.2, 0.25) is 0 Å². The molecule has 0 saturated heterocycles. The number of nitrogens with zero attached hydrogens (tertiary/aromatic N) is 3. The van der Waals surface area contributed by atoms with E-state index < -0.39 is 0 Å². The minimum atomic E-state index is 0.555. The van der Waals surface area contributed by atoms with Crippen molar-refractivity contribution >= 4 is 66.3 Å². The van der Waals surface area contributed by atoms with E-state index in [4.69, 9.17) is 35.4 Å². The summed E-state index contributed by atoms with van der Waals surface area (Å²) in [6.45, 7) is 0. The Labute approximate surface area is 250 Å². The summed E-state index contributed by atoms with van der Waals surface area (Å²) in [5.41, 5.74) is 5.72. The standard InChI is InChI=1S/C37H20ClN3O2/c38-28-20-32-33(24-12-5-4-11-23(24)28)26-18-17-22(19-31(26)43-32)36-39-35(21-9-2-1-3-10-21)40-37(41-36)27-14-8-16-30-34(27)25-13-6-7-15-29(25)42-30/h1-20H. The van der Waals surface area contributed by atoms with Crippen molar-refractivity contribution in [1.29, 1.82) is 0 Å². The van der Waals surface area contributed by atoms with Gasteiger partial charge in [-0.1, -0.05) is 103 Å². The van der Waals surface area contributed by atoms with E-state index in [9.17, 15) is 0 Å². The van der Waals surface area contributed by atoms with E-state index in [0.717, 1.165) is 71.3 Å². The zero-order valence-electron chi connectivity index (χ0n) is 22.6. The molecular weight excluding hydrogens is 554 g/mol. The summed E-state index contributed by atoms with van der Waals surface area (Å²) in [6.07, 6.45) is 0. The van der Waals surface area contributed by atoms with Crippen molar-refractivity contribution in [1.82, 2.24) is 15.0 Å². The van der Waals surface area contributed by atoms with Crippen molar-refractivity contribution in [3.05, 3.63) is 126 Å². The Kier molecular flexibility index (Phi) is 5.18. The fraction of sp³-hybridized carbons (Fsp3) is 0. The maximum atomic E-state index is 6.62. The summed E-state index contributed by atoms with van der Waals surface area (Å²) in [5.74, 6) is 1.72. The largest absolute Gasteiger partial charge is 0.456 e. The first kappa shape index (κ1) is 24.1. The molecular formula is C37H20ClN3O2. The van der Waals surface area contributed by atoms with Gasteiger partial charge in [0.1, 0.15) is 22.3 Å². The summed E-state index contributed by atoms with van der Waals surface area (Å²) < 4.78 is 12.5. The van der Waals surface area contributed by atoms with Crippen molar-refractivity contribution in [2.24, 2.45) is 0 Å². The molecule has 0 spiro atoms. The molecule has 6 heteroatoms. The van der Waals surface area contributed by atoms with Crippen LogP contribution in [0.3, 0.4) is 0 Å². The molecule has 6 aromatic carbocycles. The fourth-order valence-corrected chi connectivity index (χ4v) is 6.30. The van der Waals surface area contributed by atoms with E-state index >= 15 is 0 Å². The van der Waals surface area contributed by atoms with Crippen LogP contribution in [0.25, 0.3) is 88.8 Å². The molecule has 0 aliphatic heterocycles. The van der Waals surface area contributed by atoms with E-state index in [1.54, 1.807) is 0 Å². The lowest BCUT2D eigenvalue weighted by molar-refractivity contribution is 0.669. The summed E-state index contributed by atoms with van der Waals surface area (Å²) in [6, 6.07) is 40.1. The second-order valence-corrected chi connectivity index (χ2v) is 10.9. The fourth-order valence-electron chi connectivity index (χ4n) is 6.04. The van der Waals surface area contributed by atoms with Gasteiger partial charge >= 0.3 is 0 Å². The molecule has 0 radical (unpaired) electrons. The molecule has 202 valence electrons. The van der Waals surface area contributed by atoms with E-state index in [0.29, 0.717) is 22.5 Å². The van der Waals surface area contributed by atoms with Gasteiger partial charge in [-0.05, 0) is 29.7 Å². The quantitative estimate of drug-likeness (QED) is 0.210. The first-order valence-corrected chi connectivity index (χ1v) is 14.3. The van der Waals surface area contributed by atoms with Crippen LogP contribution in [0.4, 0.5) is 0 Å². The molecule has 9 rings (SSSR count). The molecule has 0 amide bonds. The minimum absolute atomic E-state index is 0.555. The predicted molar refractivity (Wildman–Crippen MR) is 173 cm³/mol. The van der Waals surface area contributed by atoms with Crippen LogP contribution in [0, 0.1) is 0 Å². The van der Waals surface area contributed by atoms with Gasteiger partial charge in [-0.3, -0.25) is 0 Å². The van der Waals surface area contributed by atoms with Crippen molar-refractivity contribution in [3.63, 3.8) is 0 Å². The number of para-hydroxylation sites is 1. The molecule has 0 fully saturated rings. The van der Waals surface area contributed by atoms with Crippen LogP contribution in [0.1, 0.15) is 0 Å². The number of hydrogen-bond donors (Lipinski definition) is 0. The van der Waals surface area contributed by atoms with Crippen molar-refractivity contribution in [2.75, 3.05) is 0 Å². The monoisotopic (exact) mass is 573 g/mol. The molecule has 5 nitrogen and oxygen atoms in total. The van der Waals surface area contributed by atoms with Gasteiger partial charge in [-0.15, -0.1) is 0 Å². The number of hydrogen-bond acceptors (Lipinski definition) is 5. The van der Waals surface area contributed by atoms with E-state index in [1.807, 2.05) is 103 Å². The minimum Gasteiger partial charge on any atom is -0.456 e. The van der Waals surface area contributed by atoms with Gasteiger partial charge in [0.05, 0.1) is 5.02 Å². The molecule has 0 aliphatic rings. The molecule has 0 aliphatic carbocycles. The molecule has 43 heavy (non-hydrogen) atoms. The van der Waals surface area contributed by atoms with Gasteiger partial charge in [-0.25, -0.2) is 15.0 Å². The lowest BCUT2D eigenvalue weighted by Crippen LogP contribution is -2.00. The Morgan fingerprint density at radius 1 is 0.419 bits per heavy atom. The second-order valence-electron chi connectivity index (χ2n) is 10.5. The van der Waals surface area contributed by atoms with Crippen LogP contribution < -0.4 is 0 Å². The second kappa shape index (κ2) is 9.24. The topological polar surface area (TPSA) is 65.0 Å². The lowest BCUT2D eigenvalue weighted by atomic mass is 10.0. The van der Waals surface area contributed by atoms with Gasteiger partial charge in [-0.2, -0.15) is 0 Å². The number of furan rings is 2. The van der Waals surface area contributed by atoms with Gasteiger partial charge < -0.3 is 8.83 Å². The Hall–Kier alpha value is -5.52. The summed E-state index contributed by atoms with van der Waals surface area (Å²) in [7, 11) is 0. The van der Waals surface area contributed by atoms with Crippen LogP contribution in [0.5, 0.6) is 0 Å². The zero-order chi connectivity index (χ0) is 28.5.